The standard InChI is InChI=1S/C14H17ClN2/c1-2-7-16-10-11-9-12(15)5-6-13(11)14-4-3-8-17-14/h3-6,8-9,16-17H,2,7,10H2,1H3. The zero-order valence-corrected chi connectivity index (χ0v) is 10.7. The number of halogens is 1. The summed E-state index contributed by atoms with van der Waals surface area (Å²) in [6, 6.07) is 10.1. The number of hydrogen-bond donors (Lipinski definition) is 2. The van der Waals surface area contributed by atoms with Crippen molar-refractivity contribution in [1.29, 1.82) is 0 Å². The fourth-order valence-corrected chi connectivity index (χ4v) is 2.06. The predicted molar refractivity (Wildman–Crippen MR) is 73.2 cm³/mol. The van der Waals surface area contributed by atoms with Gasteiger partial charge >= 0.3 is 0 Å². The number of benzene rings is 1. The number of hydrogen-bond acceptors (Lipinski definition) is 1. The van der Waals surface area contributed by atoms with Crippen LogP contribution in [0.3, 0.4) is 0 Å². The molecule has 2 nitrogen and oxygen atoms in total. The number of rotatable bonds is 5. The minimum Gasteiger partial charge on any atom is -0.361 e. The first-order valence-corrected chi connectivity index (χ1v) is 6.32. The molecule has 1 aromatic carbocycles. The maximum Gasteiger partial charge on any atom is 0.0457 e. The van der Waals surface area contributed by atoms with Gasteiger partial charge in [-0.25, -0.2) is 0 Å². The summed E-state index contributed by atoms with van der Waals surface area (Å²) in [5.74, 6) is 0. The van der Waals surface area contributed by atoms with Gasteiger partial charge in [0.05, 0.1) is 0 Å². The van der Waals surface area contributed by atoms with E-state index in [0.29, 0.717) is 0 Å². The molecule has 0 fully saturated rings. The van der Waals surface area contributed by atoms with E-state index in [-0.39, 0.29) is 0 Å². The van der Waals surface area contributed by atoms with Gasteiger partial charge in [0, 0.05) is 29.0 Å². The molecule has 90 valence electrons. The molecular formula is C14H17ClN2. The van der Waals surface area contributed by atoms with Crippen LogP contribution in [0.4, 0.5) is 0 Å². The van der Waals surface area contributed by atoms with Gasteiger partial charge in [-0.05, 0) is 42.8 Å². The molecule has 2 aromatic rings. The van der Waals surface area contributed by atoms with Crippen LogP contribution in [0.2, 0.25) is 5.02 Å². The van der Waals surface area contributed by atoms with Crippen molar-refractivity contribution >= 4 is 11.6 Å². The number of aromatic nitrogens is 1. The minimum atomic E-state index is 0.786. The monoisotopic (exact) mass is 248 g/mol. The molecule has 0 atom stereocenters. The molecule has 0 aliphatic carbocycles. The molecule has 3 heteroatoms. The Balaban J connectivity index is 2.25. The molecule has 2 N–H and O–H groups in total. The van der Waals surface area contributed by atoms with Gasteiger partial charge in [0.1, 0.15) is 0 Å². The van der Waals surface area contributed by atoms with Crippen LogP contribution >= 0.6 is 11.6 Å². The summed E-state index contributed by atoms with van der Waals surface area (Å²) >= 11 is 6.05. The number of H-pyrrole nitrogens is 1. The lowest BCUT2D eigenvalue weighted by Crippen LogP contribution is -2.14. The SMILES string of the molecule is CCCNCc1cc(Cl)ccc1-c1ccc[nH]1. The van der Waals surface area contributed by atoms with Crippen LogP contribution in [0.15, 0.2) is 36.5 Å². The molecule has 0 saturated carbocycles. The van der Waals surface area contributed by atoms with Crippen LogP contribution in [-0.4, -0.2) is 11.5 Å². The molecule has 0 aliphatic rings. The van der Waals surface area contributed by atoms with Gasteiger partial charge in [-0.1, -0.05) is 24.6 Å². The van der Waals surface area contributed by atoms with E-state index >= 15 is 0 Å². The maximum atomic E-state index is 6.05. The molecule has 17 heavy (non-hydrogen) atoms. The Morgan fingerprint density at radius 1 is 1.29 bits per heavy atom. The molecule has 1 heterocycles. The molecule has 0 saturated heterocycles. The van der Waals surface area contributed by atoms with Crippen LogP contribution in [0.1, 0.15) is 18.9 Å². The second-order valence-corrected chi connectivity index (χ2v) is 4.50. The highest BCUT2D eigenvalue weighted by Crippen LogP contribution is 2.25. The van der Waals surface area contributed by atoms with Crippen molar-refractivity contribution in [3.8, 4) is 11.3 Å². The topological polar surface area (TPSA) is 27.8 Å². The minimum absolute atomic E-state index is 0.786. The van der Waals surface area contributed by atoms with Gasteiger partial charge in [0.15, 0.2) is 0 Å². The lowest BCUT2D eigenvalue weighted by molar-refractivity contribution is 0.676. The van der Waals surface area contributed by atoms with E-state index in [4.69, 9.17) is 11.6 Å². The molecule has 1 aromatic heterocycles. The highest BCUT2D eigenvalue weighted by atomic mass is 35.5. The summed E-state index contributed by atoms with van der Waals surface area (Å²) in [5.41, 5.74) is 3.58. The normalized spacial score (nSPS) is 10.7. The highest BCUT2D eigenvalue weighted by molar-refractivity contribution is 6.30. The maximum absolute atomic E-state index is 6.05. The Labute approximate surface area is 107 Å². The lowest BCUT2D eigenvalue weighted by Gasteiger charge is -2.10. The summed E-state index contributed by atoms with van der Waals surface area (Å²) in [6.45, 7) is 4.04. The van der Waals surface area contributed by atoms with Crippen LogP contribution in [0.25, 0.3) is 11.3 Å². The molecule has 0 aliphatic heterocycles. The Bertz CT molecular complexity index is 463. The smallest absolute Gasteiger partial charge is 0.0457 e. The van der Waals surface area contributed by atoms with Gasteiger partial charge in [0.25, 0.3) is 0 Å². The molecule has 0 unspecified atom stereocenters. The van der Waals surface area contributed by atoms with Gasteiger partial charge in [-0.3, -0.25) is 0 Å². The summed E-state index contributed by atoms with van der Waals surface area (Å²) in [5, 5.41) is 4.19. The van der Waals surface area contributed by atoms with Crippen molar-refractivity contribution in [2.75, 3.05) is 6.54 Å². The highest BCUT2D eigenvalue weighted by Gasteiger charge is 2.06. The van der Waals surface area contributed by atoms with Crippen molar-refractivity contribution in [2.24, 2.45) is 0 Å². The lowest BCUT2D eigenvalue weighted by atomic mass is 10.0. The Hall–Kier alpha value is -1.25. The van der Waals surface area contributed by atoms with E-state index < -0.39 is 0 Å². The van der Waals surface area contributed by atoms with E-state index in [1.807, 2.05) is 24.4 Å². The summed E-state index contributed by atoms with van der Waals surface area (Å²) < 4.78 is 0. The second kappa shape index (κ2) is 5.89. The van der Waals surface area contributed by atoms with Crippen LogP contribution in [0.5, 0.6) is 0 Å². The van der Waals surface area contributed by atoms with Crippen LogP contribution in [-0.2, 0) is 6.54 Å². The zero-order chi connectivity index (χ0) is 12.1. The summed E-state index contributed by atoms with van der Waals surface area (Å²) in [7, 11) is 0. The van der Waals surface area contributed by atoms with Crippen molar-refractivity contribution < 1.29 is 0 Å². The molecule has 0 spiro atoms. The van der Waals surface area contributed by atoms with Gasteiger partial charge < -0.3 is 10.3 Å². The fourth-order valence-electron chi connectivity index (χ4n) is 1.87. The van der Waals surface area contributed by atoms with E-state index in [2.05, 4.69) is 29.4 Å². The van der Waals surface area contributed by atoms with Crippen molar-refractivity contribution in [3.63, 3.8) is 0 Å². The number of aromatic amines is 1. The van der Waals surface area contributed by atoms with Crippen LogP contribution in [0, 0.1) is 0 Å². The van der Waals surface area contributed by atoms with Gasteiger partial charge in [-0.15, -0.1) is 0 Å². The first kappa shape index (κ1) is 12.2. The van der Waals surface area contributed by atoms with Crippen molar-refractivity contribution in [3.05, 3.63) is 47.1 Å². The van der Waals surface area contributed by atoms with E-state index in [0.717, 1.165) is 30.2 Å². The van der Waals surface area contributed by atoms with E-state index in [9.17, 15) is 0 Å². The van der Waals surface area contributed by atoms with Gasteiger partial charge in [-0.2, -0.15) is 0 Å². The molecular weight excluding hydrogens is 232 g/mol. The predicted octanol–water partition coefficient (Wildman–Crippen LogP) is 3.83. The average molecular weight is 249 g/mol. The quantitative estimate of drug-likeness (QED) is 0.774. The Morgan fingerprint density at radius 3 is 2.88 bits per heavy atom. The fraction of sp³-hybridized carbons (Fsp3) is 0.286. The summed E-state index contributed by atoms with van der Waals surface area (Å²) in [4.78, 5) is 3.23. The molecule has 2 rings (SSSR count). The van der Waals surface area contributed by atoms with Gasteiger partial charge in [0.2, 0.25) is 0 Å². The Morgan fingerprint density at radius 2 is 2.18 bits per heavy atom. The second-order valence-electron chi connectivity index (χ2n) is 4.06. The summed E-state index contributed by atoms with van der Waals surface area (Å²) in [6.07, 6.45) is 3.07. The Kier molecular flexibility index (Phi) is 4.24. The van der Waals surface area contributed by atoms with E-state index in [1.165, 1.54) is 11.1 Å². The third kappa shape index (κ3) is 3.11. The van der Waals surface area contributed by atoms with E-state index in [1.54, 1.807) is 0 Å². The van der Waals surface area contributed by atoms with Crippen LogP contribution < -0.4 is 5.32 Å². The van der Waals surface area contributed by atoms with Crippen molar-refractivity contribution in [1.82, 2.24) is 10.3 Å². The molecule has 0 bridgehead atoms. The number of nitrogens with one attached hydrogen (secondary N) is 2. The third-order valence-electron chi connectivity index (χ3n) is 2.70. The first-order valence-electron chi connectivity index (χ1n) is 5.94. The largest absolute Gasteiger partial charge is 0.361 e. The van der Waals surface area contributed by atoms with Crippen molar-refractivity contribution in [2.45, 2.75) is 19.9 Å². The molecule has 0 amide bonds. The third-order valence-corrected chi connectivity index (χ3v) is 2.93. The molecule has 0 radical (unpaired) electrons. The first-order chi connectivity index (χ1) is 8.31. The average Bonchev–Trinajstić information content (AvgIpc) is 2.83. The zero-order valence-electron chi connectivity index (χ0n) is 9.96.